The number of carboxylic acids is 1. The zero-order valence-electron chi connectivity index (χ0n) is 20.9. The lowest BCUT2D eigenvalue weighted by Crippen LogP contribution is -2.46. The van der Waals surface area contributed by atoms with Gasteiger partial charge in [0.25, 0.3) is 0 Å². The molecule has 0 saturated carbocycles. The number of hydrogen-bond donors (Lipinski definition) is 4. The minimum absolute atomic E-state index is 0.0135. The smallest absolute Gasteiger partial charge is 0.337 e. The molecule has 198 valence electrons. The average molecular weight is 544 g/mol. The Bertz CT molecular complexity index is 1840. The van der Waals surface area contributed by atoms with Gasteiger partial charge in [0.2, 0.25) is 9.84 Å². The Morgan fingerprint density at radius 1 is 1.08 bits per heavy atom. The summed E-state index contributed by atoms with van der Waals surface area (Å²) in [7, 11) is -3.90. The van der Waals surface area contributed by atoms with E-state index in [1.807, 2.05) is 31.3 Å². The van der Waals surface area contributed by atoms with Crippen molar-refractivity contribution in [3.8, 4) is 11.1 Å². The minimum Gasteiger partial charge on any atom is -0.478 e. The molecular formula is C28H25N5O5S. The number of carboxylic acid groups (broad SMARTS) is 1. The summed E-state index contributed by atoms with van der Waals surface area (Å²) in [6, 6.07) is 15.5. The lowest BCUT2D eigenvalue weighted by molar-refractivity contribution is 0.0698. The second-order valence-electron chi connectivity index (χ2n) is 9.37. The number of fused-ring (bicyclic) bond motifs is 2. The van der Waals surface area contributed by atoms with E-state index in [0.717, 1.165) is 27.7 Å². The number of nitrogens with one attached hydrogen (secondary N) is 3. The Morgan fingerprint density at radius 2 is 1.90 bits per heavy atom. The third-order valence-electron chi connectivity index (χ3n) is 6.84. The summed E-state index contributed by atoms with van der Waals surface area (Å²) in [4.78, 5) is 24.1. The standard InChI is InChI=1S/C28H25N5O5S/c1-16-13-30-27-20(16)11-18(14-31-27)17-6-7-23-21(10-17)24(32-22-5-3-2-4-19(22)28(34)35)12-25(33-23)39(36,37)26-15-38-9-8-29-26/h2-7,10-14,26,29H,8-9,15H2,1H3,(H,30,31)(H,32,33)(H,34,35). The minimum atomic E-state index is -3.90. The maximum Gasteiger partial charge on any atom is 0.337 e. The molecule has 39 heavy (non-hydrogen) atoms. The van der Waals surface area contributed by atoms with Crippen LogP contribution in [0.5, 0.6) is 0 Å². The number of sulfone groups is 1. The molecule has 3 aromatic heterocycles. The molecule has 10 nitrogen and oxygen atoms in total. The van der Waals surface area contributed by atoms with Gasteiger partial charge in [-0.2, -0.15) is 0 Å². The van der Waals surface area contributed by atoms with E-state index in [1.165, 1.54) is 12.1 Å². The van der Waals surface area contributed by atoms with E-state index in [9.17, 15) is 18.3 Å². The number of rotatable bonds is 6. The predicted octanol–water partition coefficient (Wildman–Crippen LogP) is 4.25. The maximum absolute atomic E-state index is 13.5. The topological polar surface area (TPSA) is 146 Å². The molecule has 0 amide bonds. The fourth-order valence-corrected chi connectivity index (χ4v) is 6.14. The van der Waals surface area contributed by atoms with Crippen LogP contribution in [0.15, 0.2) is 72.0 Å². The number of aromatic carboxylic acids is 1. The van der Waals surface area contributed by atoms with Crippen molar-refractivity contribution in [1.82, 2.24) is 20.3 Å². The van der Waals surface area contributed by atoms with Crippen molar-refractivity contribution < 1.29 is 23.1 Å². The first-order chi connectivity index (χ1) is 18.8. The van der Waals surface area contributed by atoms with Crippen LogP contribution in [-0.4, -0.2) is 59.6 Å². The highest BCUT2D eigenvalue weighted by molar-refractivity contribution is 7.92. The summed E-state index contributed by atoms with van der Waals surface area (Å²) in [5, 5.41) is 16.4. The Labute approximate surface area is 224 Å². The van der Waals surface area contributed by atoms with Gasteiger partial charge in [-0.1, -0.05) is 18.2 Å². The van der Waals surface area contributed by atoms with Crippen molar-refractivity contribution in [3.63, 3.8) is 0 Å². The molecule has 1 atom stereocenters. The summed E-state index contributed by atoms with van der Waals surface area (Å²) in [6.07, 6.45) is 3.68. The molecule has 2 aromatic carbocycles. The van der Waals surface area contributed by atoms with Gasteiger partial charge in [0.05, 0.1) is 35.7 Å². The largest absolute Gasteiger partial charge is 0.478 e. The summed E-state index contributed by atoms with van der Waals surface area (Å²) >= 11 is 0. The van der Waals surface area contributed by atoms with E-state index in [1.54, 1.807) is 30.5 Å². The summed E-state index contributed by atoms with van der Waals surface area (Å²) in [5.41, 5.74) is 4.85. The molecule has 6 rings (SSSR count). The first kappa shape index (κ1) is 25.0. The number of anilines is 2. The molecule has 11 heteroatoms. The van der Waals surface area contributed by atoms with Gasteiger partial charge in [0.1, 0.15) is 11.0 Å². The lowest BCUT2D eigenvalue weighted by atomic mass is 10.0. The van der Waals surface area contributed by atoms with Crippen LogP contribution >= 0.6 is 0 Å². The molecule has 1 saturated heterocycles. The van der Waals surface area contributed by atoms with Crippen molar-refractivity contribution in [2.45, 2.75) is 17.3 Å². The van der Waals surface area contributed by atoms with E-state index in [4.69, 9.17) is 4.74 Å². The summed E-state index contributed by atoms with van der Waals surface area (Å²) in [5.74, 6) is -1.10. The molecule has 1 aliphatic heterocycles. The Morgan fingerprint density at radius 3 is 2.69 bits per heavy atom. The van der Waals surface area contributed by atoms with Crippen LogP contribution in [0, 0.1) is 6.92 Å². The van der Waals surface area contributed by atoms with E-state index < -0.39 is 21.2 Å². The molecule has 1 aliphatic rings. The van der Waals surface area contributed by atoms with Gasteiger partial charge in [0.15, 0.2) is 5.03 Å². The number of morpholine rings is 1. The van der Waals surface area contributed by atoms with Gasteiger partial charge in [-0.05, 0) is 54.4 Å². The molecule has 4 heterocycles. The maximum atomic E-state index is 13.5. The Balaban J connectivity index is 1.52. The van der Waals surface area contributed by atoms with Crippen LogP contribution in [0.1, 0.15) is 15.9 Å². The molecule has 4 N–H and O–H groups in total. The number of aryl methyl sites for hydroxylation is 1. The number of ether oxygens (including phenoxy) is 1. The number of carbonyl (C=O) groups is 1. The fraction of sp³-hybridized carbons (Fsp3) is 0.179. The van der Waals surface area contributed by atoms with E-state index >= 15 is 0 Å². The highest BCUT2D eigenvalue weighted by Crippen LogP contribution is 2.34. The Hall–Kier alpha value is -4.32. The number of aromatic amines is 1. The number of hydrogen-bond acceptors (Lipinski definition) is 8. The van der Waals surface area contributed by atoms with Crippen molar-refractivity contribution in [1.29, 1.82) is 0 Å². The predicted molar refractivity (Wildman–Crippen MR) is 148 cm³/mol. The van der Waals surface area contributed by atoms with Crippen LogP contribution in [0.2, 0.25) is 0 Å². The third-order valence-corrected chi connectivity index (χ3v) is 8.68. The molecular weight excluding hydrogens is 518 g/mol. The molecule has 0 bridgehead atoms. The van der Waals surface area contributed by atoms with Crippen LogP contribution < -0.4 is 10.6 Å². The molecule has 5 aromatic rings. The van der Waals surface area contributed by atoms with Crippen LogP contribution in [0.3, 0.4) is 0 Å². The average Bonchev–Trinajstić information content (AvgIpc) is 3.33. The molecule has 0 aliphatic carbocycles. The highest BCUT2D eigenvalue weighted by atomic mass is 32.2. The number of pyridine rings is 2. The molecule has 1 fully saturated rings. The molecule has 0 radical (unpaired) electrons. The number of para-hydroxylation sites is 1. The van der Waals surface area contributed by atoms with Crippen LogP contribution in [0.4, 0.5) is 11.4 Å². The van der Waals surface area contributed by atoms with Crippen molar-refractivity contribution in [2.24, 2.45) is 0 Å². The second-order valence-corrected chi connectivity index (χ2v) is 11.4. The van der Waals surface area contributed by atoms with Gasteiger partial charge in [0, 0.05) is 35.3 Å². The van der Waals surface area contributed by atoms with Gasteiger partial charge in [-0.15, -0.1) is 0 Å². The van der Waals surface area contributed by atoms with Gasteiger partial charge < -0.3 is 20.1 Å². The number of aromatic nitrogens is 3. The van der Waals surface area contributed by atoms with Crippen molar-refractivity contribution >= 4 is 49.1 Å². The zero-order valence-corrected chi connectivity index (χ0v) is 21.7. The van der Waals surface area contributed by atoms with E-state index in [2.05, 4.69) is 25.6 Å². The number of nitrogens with zero attached hydrogens (tertiary/aromatic N) is 2. The SMILES string of the molecule is Cc1c[nH]c2ncc(-c3ccc4nc(S(=O)(=O)C5COCCN5)cc(Nc5ccccc5C(=O)O)c4c3)cc12. The first-order valence-electron chi connectivity index (χ1n) is 12.3. The first-order valence-corrected chi connectivity index (χ1v) is 13.9. The third kappa shape index (κ3) is 4.60. The fourth-order valence-electron chi connectivity index (χ4n) is 4.73. The quantitative estimate of drug-likeness (QED) is 0.247. The number of H-pyrrole nitrogens is 1. The van der Waals surface area contributed by atoms with E-state index in [-0.39, 0.29) is 17.2 Å². The normalized spacial score (nSPS) is 16.0. The van der Waals surface area contributed by atoms with Crippen LogP contribution in [-0.2, 0) is 14.6 Å². The second kappa shape index (κ2) is 9.77. The van der Waals surface area contributed by atoms with Crippen molar-refractivity contribution in [3.05, 3.63) is 78.1 Å². The Kier molecular flexibility index (Phi) is 6.26. The highest BCUT2D eigenvalue weighted by Gasteiger charge is 2.31. The molecule has 1 unspecified atom stereocenters. The van der Waals surface area contributed by atoms with Gasteiger partial charge >= 0.3 is 5.97 Å². The van der Waals surface area contributed by atoms with Crippen LogP contribution in [0.25, 0.3) is 33.1 Å². The molecule has 0 spiro atoms. The van der Waals surface area contributed by atoms with Gasteiger partial charge in [-0.3, -0.25) is 5.32 Å². The number of benzene rings is 2. The zero-order chi connectivity index (χ0) is 27.1. The van der Waals surface area contributed by atoms with E-state index in [0.29, 0.717) is 35.4 Å². The lowest BCUT2D eigenvalue weighted by Gasteiger charge is -2.24. The van der Waals surface area contributed by atoms with Gasteiger partial charge in [-0.25, -0.2) is 23.2 Å². The van der Waals surface area contributed by atoms with Crippen molar-refractivity contribution in [2.75, 3.05) is 25.1 Å². The summed E-state index contributed by atoms with van der Waals surface area (Å²) in [6.45, 7) is 2.86. The monoisotopic (exact) mass is 543 g/mol. The summed E-state index contributed by atoms with van der Waals surface area (Å²) < 4.78 is 32.4.